The van der Waals surface area contributed by atoms with Gasteiger partial charge in [0.2, 0.25) is 10.0 Å². The summed E-state index contributed by atoms with van der Waals surface area (Å²) in [6.07, 6.45) is 3.32. The Morgan fingerprint density at radius 1 is 1.15 bits per heavy atom. The molecule has 41 heavy (non-hydrogen) atoms. The Morgan fingerprint density at radius 3 is 2.56 bits per heavy atom. The highest BCUT2D eigenvalue weighted by molar-refractivity contribution is 7.92. The molecule has 11 heteroatoms. The zero-order valence-corrected chi connectivity index (χ0v) is 24.5. The summed E-state index contributed by atoms with van der Waals surface area (Å²) in [6.45, 7) is 0.702. The van der Waals surface area contributed by atoms with Crippen molar-refractivity contribution in [1.82, 2.24) is 9.62 Å². The summed E-state index contributed by atoms with van der Waals surface area (Å²) in [5, 5.41) is 3.19. The lowest BCUT2D eigenvalue weighted by Crippen LogP contribution is -2.40. The molecule has 0 bridgehead atoms. The molecule has 0 unspecified atom stereocenters. The molecule has 3 aromatic carbocycles. The third-order valence-corrected chi connectivity index (χ3v) is 9.73. The number of furan rings is 1. The van der Waals surface area contributed by atoms with Gasteiger partial charge >= 0.3 is 0 Å². The van der Waals surface area contributed by atoms with E-state index in [1.54, 1.807) is 22.5 Å². The van der Waals surface area contributed by atoms with Crippen molar-refractivity contribution < 1.29 is 26.6 Å². The molecule has 216 valence electrons. The fraction of sp³-hybridized carbons (Fsp3) is 0.300. The predicted octanol–water partition coefficient (Wildman–Crippen LogP) is 5.06. The fourth-order valence-corrected chi connectivity index (χ4v) is 7.42. The van der Waals surface area contributed by atoms with Crippen molar-refractivity contribution in [1.29, 1.82) is 0 Å². The molecule has 2 atom stereocenters. The number of anilines is 1. The van der Waals surface area contributed by atoms with Crippen molar-refractivity contribution >= 4 is 43.9 Å². The summed E-state index contributed by atoms with van der Waals surface area (Å²) in [5.74, 6) is -0.689. The second-order valence-electron chi connectivity index (χ2n) is 10.1. The second-order valence-corrected chi connectivity index (χ2v) is 13.3. The average Bonchev–Trinajstić information content (AvgIpc) is 3.34. The molecule has 0 aliphatic carbocycles. The molecule has 0 radical (unpaired) electrons. The van der Waals surface area contributed by atoms with Gasteiger partial charge in [-0.3, -0.25) is 4.79 Å². The number of sulfonamides is 1. The second kappa shape index (κ2) is 12.2. The number of fused-ring (bicyclic) bond motifs is 1. The van der Waals surface area contributed by atoms with Crippen molar-refractivity contribution in [3.8, 4) is 11.3 Å². The van der Waals surface area contributed by atoms with Crippen LogP contribution in [0.1, 0.15) is 40.2 Å². The Balaban J connectivity index is 1.53. The molecule has 1 amide bonds. The third kappa shape index (κ3) is 6.43. The van der Waals surface area contributed by atoms with E-state index in [4.69, 9.17) is 4.42 Å². The monoisotopic (exact) mass is 597 g/mol. The summed E-state index contributed by atoms with van der Waals surface area (Å²) in [5.41, 5.74) is 3.49. The molecule has 8 nitrogen and oxygen atoms in total. The third-order valence-electron chi connectivity index (χ3n) is 7.38. The van der Waals surface area contributed by atoms with Gasteiger partial charge in [0.1, 0.15) is 23.4 Å². The molecule has 0 spiro atoms. The number of nitrogens with zero attached hydrogens (tertiary/aromatic N) is 1. The number of benzene rings is 3. The van der Waals surface area contributed by atoms with E-state index in [2.05, 4.69) is 10.0 Å². The van der Waals surface area contributed by atoms with Crippen LogP contribution < -0.4 is 10.0 Å². The number of carbonyl (C=O) groups excluding carboxylic acids is 1. The lowest BCUT2D eigenvalue weighted by Gasteiger charge is -2.33. The van der Waals surface area contributed by atoms with Crippen LogP contribution in [0.5, 0.6) is 0 Å². The normalized spacial score (nSPS) is 16.9. The van der Waals surface area contributed by atoms with E-state index in [0.717, 1.165) is 17.5 Å². The molecule has 4 aromatic rings. The molecule has 1 aliphatic heterocycles. The number of aryl methyl sites for hydroxylation is 1. The summed E-state index contributed by atoms with van der Waals surface area (Å²) < 4.78 is 63.2. The van der Waals surface area contributed by atoms with E-state index in [1.165, 1.54) is 25.4 Å². The molecule has 1 aromatic heterocycles. The number of hydrogen-bond donors (Lipinski definition) is 2. The Hall–Kier alpha value is -3.38. The van der Waals surface area contributed by atoms with Crippen LogP contribution >= 0.6 is 0 Å². The van der Waals surface area contributed by atoms with E-state index in [1.807, 2.05) is 36.4 Å². The van der Waals surface area contributed by atoms with Gasteiger partial charge in [0.05, 0.1) is 28.4 Å². The van der Waals surface area contributed by atoms with Crippen molar-refractivity contribution in [2.24, 2.45) is 0 Å². The van der Waals surface area contributed by atoms with E-state index < -0.39 is 27.2 Å². The van der Waals surface area contributed by atoms with Crippen molar-refractivity contribution in [2.45, 2.75) is 25.2 Å². The lowest BCUT2D eigenvalue weighted by atomic mass is 9.89. The first kappa shape index (κ1) is 29.1. The number of piperidine rings is 1. The minimum Gasteiger partial charge on any atom is -0.593 e. The standard InChI is InChI=1S/C30H32FN3O5S2/c1-32-30(35)28-25-17-24(22-9-6-15-34(19-22)41(37,38)16-14-20-7-4-3-5-8-20)26(33-40(2)36)18-27(25)39-29(28)21-10-12-23(31)13-11-21/h3-5,7-8,10-13,17-18,22,33H,6,9,14-16,19H2,1-2H3,(H,32,35)/t22-,40-/m0/s1. The van der Waals surface area contributed by atoms with Crippen LogP contribution in [0.25, 0.3) is 22.3 Å². The predicted molar refractivity (Wildman–Crippen MR) is 160 cm³/mol. The van der Waals surface area contributed by atoms with Gasteiger partial charge in [-0.15, -0.1) is 0 Å². The van der Waals surface area contributed by atoms with Crippen molar-refractivity contribution in [3.63, 3.8) is 0 Å². The zero-order chi connectivity index (χ0) is 29.1. The van der Waals surface area contributed by atoms with Crippen LogP contribution in [0.2, 0.25) is 0 Å². The first-order valence-electron chi connectivity index (χ1n) is 13.4. The molecule has 5 rings (SSSR count). The molecule has 1 fully saturated rings. The van der Waals surface area contributed by atoms with E-state index in [0.29, 0.717) is 47.2 Å². The van der Waals surface area contributed by atoms with E-state index >= 15 is 0 Å². The molecule has 2 heterocycles. The summed E-state index contributed by atoms with van der Waals surface area (Å²) in [6, 6.07) is 18.7. The number of hydrogen-bond acceptors (Lipinski definition) is 6. The molecule has 0 saturated carbocycles. The van der Waals surface area contributed by atoms with Crippen LogP contribution in [-0.4, -0.2) is 55.3 Å². The average molecular weight is 598 g/mol. The molecular weight excluding hydrogens is 565 g/mol. The van der Waals surface area contributed by atoms with Gasteiger partial charge in [0.25, 0.3) is 5.91 Å². The topological polar surface area (TPSA) is 115 Å². The Morgan fingerprint density at radius 2 is 1.88 bits per heavy atom. The largest absolute Gasteiger partial charge is 0.593 e. The number of halogens is 1. The van der Waals surface area contributed by atoms with Gasteiger partial charge in [-0.25, -0.2) is 21.8 Å². The smallest absolute Gasteiger partial charge is 0.255 e. The first-order chi connectivity index (χ1) is 19.7. The molecule has 1 saturated heterocycles. The molecule has 2 N–H and O–H groups in total. The van der Waals surface area contributed by atoms with E-state index in [9.17, 15) is 22.2 Å². The van der Waals surface area contributed by atoms with Crippen LogP contribution in [0, 0.1) is 5.82 Å². The molecular formula is C30H32FN3O5S2. The fourth-order valence-electron chi connectivity index (χ4n) is 5.37. The summed E-state index contributed by atoms with van der Waals surface area (Å²) in [4.78, 5) is 13.1. The van der Waals surface area contributed by atoms with Crippen molar-refractivity contribution in [3.05, 3.63) is 89.2 Å². The summed E-state index contributed by atoms with van der Waals surface area (Å²) >= 11 is -1.42. The highest BCUT2D eigenvalue weighted by Gasteiger charge is 2.32. The van der Waals surface area contributed by atoms with E-state index in [-0.39, 0.29) is 29.9 Å². The highest BCUT2D eigenvalue weighted by Crippen LogP contribution is 2.41. The van der Waals surface area contributed by atoms with Gasteiger partial charge in [-0.2, -0.15) is 0 Å². The number of nitrogens with one attached hydrogen (secondary N) is 2. The zero-order valence-electron chi connectivity index (χ0n) is 22.9. The maximum absolute atomic E-state index is 13.6. The van der Waals surface area contributed by atoms with Gasteiger partial charge in [0.15, 0.2) is 0 Å². The van der Waals surface area contributed by atoms with Gasteiger partial charge in [-0.05, 0) is 66.6 Å². The van der Waals surface area contributed by atoms with Crippen molar-refractivity contribution in [2.75, 3.05) is 36.9 Å². The SMILES string of the molecule is CNC(=O)c1c(-c2ccc(F)cc2)oc2cc(N[S@+](C)[O-])c([C@H]3CCCN(S(=O)(=O)CCc4ccccc4)C3)cc12. The van der Waals surface area contributed by atoms with Gasteiger partial charge in [0, 0.05) is 37.2 Å². The maximum Gasteiger partial charge on any atom is 0.255 e. The Kier molecular flexibility index (Phi) is 8.69. The maximum atomic E-state index is 13.6. The minimum absolute atomic E-state index is 0.0103. The van der Waals surface area contributed by atoms with Gasteiger partial charge in [-0.1, -0.05) is 30.3 Å². The number of rotatable bonds is 9. The minimum atomic E-state index is -3.52. The van der Waals surface area contributed by atoms with Crippen LogP contribution in [0.15, 0.2) is 71.1 Å². The Labute approximate surface area is 242 Å². The van der Waals surface area contributed by atoms with Crippen LogP contribution in [-0.2, 0) is 27.8 Å². The van der Waals surface area contributed by atoms with Gasteiger partial charge < -0.3 is 14.3 Å². The quantitative estimate of drug-likeness (QED) is 0.261. The van der Waals surface area contributed by atoms with Crippen LogP contribution in [0.3, 0.4) is 0 Å². The highest BCUT2D eigenvalue weighted by atomic mass is 32.2. The lowest BCUT2D eigenvalue weighted by molar-refractivity contribution is 0.0964. The Bertz CT molecular complexity index is 1640. The summed E-state index contributed by atoms with van der Waals surface area (Å²) in [7, 11) is -2.00. The first-order valence-corrected chi connectivity index (χ1v) is 16.5. The number of amides is 1. The van der Waals surface area contributed by atoms with Crippen LogP contribution in [0.4, 0.5) is 10.1 Å². The molecule has 1 aliphatic rings. The number of carbonyl (C=O) groups is 1.